The number of amidine groups is 1. The van der Waals surface area contributed by atoms with E-state index in [9.17, 15) is 9.59 Å². The van der Waals surface area contributed by atoms with Gasteiger partial charge in [-0.25, -0.2) is 9.79 Å². The predicted molar refractivity (Wildman–Crippen MR) is 148 cm³/mol. The van der Waals surface area contributed by atoms with Crippen LogP contribution in [-0.4, -0.2) is 36.1 Å². The van der Waals surface area contributed by atoms with Crippen LogP contribution < -0.4 is 4.74 Å². The van der Waals surface area contributed by atoms with Crippen molar-refractivity contribution >= 4 is 79.7 Å². The van der Waals surface area contributed by atoms with E-state index in [1.54, 1.807) is 49.5 Å². The van der Waals surface area contributed by atoms with Crippen LogP contribution in [0.15, 0.2) is 75.0 Å². The van der Waals surface area contributed by atoms with Crippen molar-refractivity contribution in [1.29, 1.82) is 0 Å². The summed E-state index contributed by atoms with van der Waals surface area (Å²) in [6.45, 7) is 0.234. The van der Waals surface area contributed by atoms with E-state index in [-0.39, 0.29) is 12.5 Å². The number of ether oxygens (including phenoxy) is 2. The first-order valence-electron chi connectivity index (χ1n) is 10.6. The van der Waals surface area contributed by atoms with Crippen molar-refractivity contribution in [1.82, 2.24) is 4.90 Å². The molecule has 1 amide bonds. The third-order valence-corrected chi connectivity index (χ3v) is 7.29. The Kier molecular flexibility index (Phi) is 8.41. The average molecular weight is 606 g/mol. The van der Waals surface area contributed by atoms with Gasteiger partial charge < -0.3 is 9.47 Å². The molecule has 1 heterocycles. The molecule has 0 unspecified atom stereocenters. The summed E-state index contributed by atoms with van der Waals surface area (Å²) in [5.74, 6) is -0.0679. The van der Waals surface area contributed by atoms with Gasteiger partial charge in [-0.2, -0.15) is 0 Å². The normalized spacial score (nSPS) is 15.6. The van der Waals surface area contributed by atoms with Gasteiger partial charge in [-0.3, -0.25) is 9.69 Å². The Morgan fingerprint density at radius 2 is 1.94 bits per heavy atom. The van der Waals surface area contributed by atoms with E-state index >= 15 is 0 Å². The lowest BCUT2D eigenvalue weighted by molar-refractivity contribution is -0.121. The molecule has 0 atom stereocenters. The second-order valence-electron chi connectivity index (χ2n) is 7.62. The van der Waals surface area contributed by atoms with Crippen molar-refractivity contribution in [3.63, 3.8) is 0 Å². The third kappa shape index (κ3) is 6.13. The number of hydrogen-bond donors (Lipinski definition) is 0. The molecule has 36 heavy (non-hydrogen) atoms. The molecule has 3 aromatic carbocycles. The van der Waals surface area contributed by atoms with E-state index in [1.165, 1.54) is 23.8 Å². The van der Waals surface area contributed by atoms with Crippen LogP contribution in [0.3, 0.4) is 0 Å². The van der Waals surface area contributed by atoms with Gasteiger partial charge in [0.05, 0.1) is 23.3 Å². The van der Waals surface area contributed by atoms with Gasteiger partial charge >= 0.3 is 5.97 Å². The fourth-order valence-electron chi connectivity index (χ4n) is 3.28. The number of amides is 1. The van der Waals surface area contributed by atoms with Gasteiger partial charge in [-0.15, -0.1) is 0 Å². The van der Waals surface area contributed by atoms with E-state index < -0.39 is 5.97 Å². The lowest BCUT2D eigenvalue weighted by atomic mass is 10.1. The van der Waals surface area contributed by atoms with E-state index in [1.807, 2.05) is 24.3 Å². The van der Waals surface area contributed by atoms with Crippen LogP contribution in [0.25, 0.3) is 6.08 Å². The number of thioether (sulfide) groups is 1. The number of likely N-dealkylation sites (N-methyl/N-ethyl adjacent to an activating group) is 1. The van der Waals surface area contributed by atoms with E-state index in [0.717, 1.165) is 10.0 Å². The molecule has 1 aliphatic heterocycles. The summed E-state index contributed by atoms with van der Waals surface area (Å²) in [4.78, 5) is 31.3. The first-order valence-corrected chi connectivity index (χ1v) is 12.9. The van der Waals surface area contributed by atoms with Crippen molar-refractivity contribution in [2.75, 3.05) is 14.2 Å². The second-order valence-corrected chi connectivity index (χ2v) is 10.4. The maximum Gasteiger partial charge on any atom is 0.337 e. The predicted octanol–water partition coefficient (Wildman–Crippen LogP) is 7.36. The highest BCUT2D eigenvalue weighted by molar-refractivity contribution is 9.10. The maximum atomic E-state index is 13.0. The first-order chi connectivity index (χ1) is 17.2. The average Bonchev–Trinajstić information content (AvgIpc) is 3.11. The molecule has 0 saturated carbocycles. The lowest BCUT2D eigenvalue weighted by Crippen LogP contribution is -2.23. The van der Waals surface area contributed by atoms with Crippen molar-refractivity contribution in [3.05, 3.63) is 96.8 Å². The van der Waals surface area contributed by atoms with Crippen molar-refractivity contribution in [2.45, 2.75) is 6.61 Å². The smallest absolute Gasteiger partial charge is 0.337 e. The summed E-state index contributed by atoms with van der Waals surface area (Å²) in [6.07, 6.45) is 1.76. The summed E-state index contributed by atoms with van der Waals surface area (Å²) in [6, 6.07) is 17.5. The largest absolute Gasteiger partial charge is 0.488 e. The number of esters is 1. The topological polar surface area (TPSA) is 68.2 Å². The number of hydrogen-bond acceptors (Lipinski definition) is 6. The minimum Gasteiger partial charge on any atom is -0.488 e. The number of carbonyl (C=O) groups is 2. The van der Waals surface area contributed by atoms with Gasteiger partial charge in [0.2, 0.25) is 0 Å². The summed E-state index contributed by atoms with van der Waals surface area (Å²) in [5.41, 5.74) is 2.42. The van der Waals surface area contributed by atoms with E-state index in [0.29, 0.717) is 42.7 Å². The standard InChI is InChI=1S/C26H19BrCl2N2O4S/c1-31-24(32)23(36-26(31)30-20-5-3-4-15(11-20)25(33)34-2)12-17-10-18(27)7-9-22(17)35-14-16-6-8-19(28)13-21(16)29/h3-13H,14H2,1-2H3. The van der Waals surface area contributed by atoms with Crippen LogP contribution in [0.2, 0.25) is 10.0 Å². The second kappa shape index (κ2) is 11.5. The molecule has 0 N–H and O–H groups in total. The Balaban J connectivity index is 1.59. The van der Waals surface area contributed by atoms with Gasteiger partial charge in [0.15, 0.2) is 5.17 Å². The monoisotopic (exact) mass is 604 g/mol. The molecule has 0 aromatic heterocycles. The zero-order valence-electron chi connectivity index (χ0n) is 19.1. The Hall–Kier alpha value is -2.78. The highest BCUT2D eigenvalue weighted by Crippen LogP contribution is 2.36. The molecule has 1 aliphatic rings. The Morgan fingerprint density at radius 1 is 1.14 bits per heavy atom. The highest BCUT2D eigenvalue weighted by atomic mass is 79.9. The van der Waals surface area contributed by atoms with Gasteiger partial charge in [-0.05, 0) is 66.4 Å². The number of halogens is 3. The van der Waals surface area contributed by atoms with Crippen molar-refractivity contribution < 1.29 is 19.1 Å². The van der Waals surface area contributed by atoms with Crippen LogP contribution >= 0.6 is 50.9 Å². The zero-order valence-corrected chi connectivity index (χ0v) is 23.0. The number of carbonyl (C=O) groups excluding carboxylic acids is 2. The van der Waals surface area contributed by atoms with E-state index in [2.05, 4.69) is 20.9 Å². The molecule has 10 heteroatoms. The first kappa shape index (κ1) is 26.3. The summed E-state index contributed by atoms with van der Waals surface area (Å²) in [7, 11) is 2.97. The minimum absolute atomic E-state index is 0.199. The number of nitrogens with zero attached hydrogens (tertiary/aromatic N) is 2. The number of aliphatic imine (C=N–C) groups is 1. The van der Waals surface area contributed by atoms with Crippen LogP contribution in [-0.2, 0) is 16.1 Å². The highest BCUT2D eigenvalue weighted by Gasteiger charge is 2.30. The van der Waals surface area contributed by atoms with Crippen LogP contribution in [0, 0.1) is 0 Å². The molecular weight excluding hydrogens is 587 g/mol. The molecule has 184 valence electrons. The van der Waals surface area contributed by atoms with E-state index in [4.69, 9.17) is 32.7 Å². The van der Waals surface area contributed by atoms with Gasteiger partial charge in [0, 0.05) is 32.7 Å². The maximum absolute atomic E-state index is 13.0. The lowest BCUT2D eigenvalue weighted by Gasteiger charge is -2.11. The third-order valence-electron chi connectivity index (χ3n) is 5.15. The molecule has 0 radical (unpaired) electrons. The zero-order chi connectivity index (χ0) is 25.8. The molecule has 6 nitrogen and oxygen atoms in total. The van der Waals surface area contributed by atoms with Gasteiger partial charge in [0.25, 0.3) is 5.91 Å². The Bertz CT molecular complexity index is 1410. The number of rotatable bonds is 6. The molecule has 1 saturated heterocycles. The fraction of sp³-hybridized carbons (Fsp3) is 0.115. The van der Waals surface area contributed by atoms with Gasteiger partial charge in [0.1, 0.15) is 12.4 Å². The van der Waals surface area contributed by atoms with Crippen molar-refractivity contribution in [3.8, 4) is 5.75 Å². The Labute approximate surface area is 231 Å². The molecule has 3 aromatic rings. The molecular formula is C26H19BrCl2N2O4S. The summed E-state index contributed by atoms with van der Waals surface area (Å²) in [5, 5.41) is 1.55. The molecule has 0 bridgehead atoms. The molecule has 4 rings (SSSR count). The Morgan fingerprint density at radius 3 is 2.69 bits per heavy atom. The van der Waals surface area contributed by atoms with Crippen LogP contribution in [0.5, 0.6) is 5.75 Å². The SMILES string of the molecule is COC(=O)c1cccc(N=C2SC(=Cc3cc(Br)ccc3OCc3ccc(Cl)cc3Cl)C(=O)N2C)c1. The number of methoxy groups -OCH3 is 1. The number of benzene rings is 3. The minimum atomic E-state index is -0.455. The van der Waals surface area contributed by atoms with Crippen molar-refractivity contribution in [2.24, 2.45) is 4.99 Å². The summed E-state index contributed by atoms with van der Waals surface area (Å²) >= 11 is 17.0. The molecule has 1 fully saturated rings. The molecule has 0 spiro atoms. The molecule has 0 aliphatic carbocycles. The fourth-order valence-corrected chi connectivity index (χ4v) is 5.10. The van der Waals surface area contributed by atoms with Gasteiger partial charge in [-0.1, -0.05) is 51.3 Å². The quantitative estimate of drug-likeness (QED) is 0.217. The van der Waals surface area contributed by atoms with Crippen LogP contribution in [0.1, 0.15) is 21.5 Å². The van der Waals surface area contributed by atoms with Crippen LogP contribution in [0.4, 0.5) is 5.69 Å². The summed E-state index contributed by atoms with van der Waals surface area (Å²) < 4.78 is 11.6.